The molecule has 0 bridgehead atoms. The van der Waals surface area contributed by atoms with Gasteiger partial charge in [0.05, 0.1) is 10.0 Å². The summed E-state index contributed by atoms with van der Waals surface area (Å²) >= 11 is 2.98. The number of Topliss-reactive ketones (excluding diaryl/α,β-unsaturated/α-hetero) is 1. The van der Waals surface area contributed by atoms with E-state index in [9.17, 15) is 22.4 Å². The van der Waals surface area contributed by atoms with Crippen molar-refractivity contribution in [3.05, 3.63) is 69.4 Å². The van der Waals surface area contributed by atoms with Crippen LogP contribution in [0.25, 0.3) is 0 Å². The van der Waals surface area contributed by atoms with E-state index in [2.05, 4.69) is 15.9 Å². The molecule has 0 heterocycles. The highest BCUT2D eigenvalue weighted by atomic mass is 79.9. The fourth-order valence-corrected chi connectivity index (χ4v) is 2.02. The highest BCUT2D eigenvalue weighted by Gasteiger charge is 2.29. The van der Waals surface area contributed by atoms with Gasteiger partial charge in [-0.3, -0.25) is 4.79 Å². The number of halogens is 5. The van der Waals surface area contributed by atoms with Crippen molar-refractivity contribution in [2.45, 2.75) is 12.6 Å². The van der Waals surface area contributed by atoms with Gasteiger partial charge in [0.2, 0.25) is 0 Å². The van der Waals surface area contributed by atoms with Gasteiger partial charge in [0.15, 0.2) is 5.78 Å². The van der Waals surface area contributed by atoms with Gasteiger partial charge in [-0.05, 0) is 45.8 Å². The Morgan fingerprint density at radius 1 is 1.05 bits per heavy atom. The largest absolute Gasteiger partial charge is 0.416 e. The fourth-order valence-electron chi connectivity index (χ4n) is 1.77. The van der Waals surface area contributed by atoms with E-state index in [4.69, 9.17) is 0 Å². The third-order valence-corrected chi connectivity index (χ3v) is 3.53. The van der Waals surface area contributed by atoms with Crippen LogP contribution >= 0.6 is 15.9 Å². The van der Waals surface area contributed by atoms with E-state index in [0.29, 0.717) is 5.56 Å². The second kappa shape index (κ2) is 5.97. The van der Waals surface area contributed by atoms with Crippen LogP contribution in [0.3, 0.4) is 0 Å². The van der Waals surface area contributed by atoms with Gasteiger partial charge < -0.3 is 0 Å². The summed E-state index contributed by atoms with van der Waals surface area (Å²) in [5.41, 5.74) is -0.152. The summed E-state index contributed by atoms with van der Waals surface area (Å²) in [6.07, 6.45) is -4.49. The Morgan fingerprint density at radius 3 is 2.19 bits per heavy atom. The SMILES string of the molecule is O=C(Cc1ccc(C(F)(F)F)cc1)c1ccc(Br)c(F)c1. The Bertz CT molecular complexity index is 662. The third-order valence-electron chi connectivity index (χ3n) is 2.89. The molecule has 1 nitrogen and oxygen atoms in total. The predicted molar refractivity (Wildman–Crippen MR) is 73.6 cm³/mol. The number of ketones is 1. The first kappa shape index (κ1) is 15.7. The minimum atomic E-state index is -4.41. The summed E-state index contributed by atoms with van der Waals surface area (Å²) in [5.74, 6) is -0.922. The van der Waals surface area contributed by atoms with Gasteiger partial charge in [-0.15, -0.1) is 0 Å². The third kappa shape index (κ3) is 3.91. The molecule has 0 aliphatic rings. The van der Waals surface area contributed by atoms with Gasteiger partial charge in [-0.1, -0.05) is 18.2 Å². The molecule has 0 unspecified atom stereocenters. The van der Waals surface area contributed by atoms with Crippen LogP contribution in [0.4, 0.5) is 17.6 Å². The quantitative estimate of drug-likeness (QED) is 0.554. The molecule has 0 amide bonds. The first-order valence-electron chi connectivity index (χ1n) is 5.92. The maximum Gasteiger partial charge on any atom is 0.416 e. The van der Waals surface area contributed by atoms with Gasteiger partial charge in [0.1, 0.15) is 5.82 Å². The van der Waals surface area contributed by atoms with E-state index < -0.39 is 17.6 Å². The molecule has 0 radical (unpaired) electrons. The predicted octanol–water partition coefficient (Wildman–Crippen LogP) is 5.03. The Labute approximate surface area is 126 Å². The fraction of sp³-hybridized carbons (Fsp3) is 0.133. The summed E-state index contributed by atoms with van der Waals surface area (Å²) in [7, 11) is 0. The number of hydrogen-bond acceptors (Lipinski definition) is 1. The molecule has 21 heavy (non-hydrogen) atoms. The summed E-state index contributed by atoms with van der Waals surface area (Å²) in [6.45, 7) is 0. The van der Waals surface area contributed by atoms with E-state index in [0.717, 1.165) is 18.2 Å². The van der Waals surface area contributed by atoms with Crippen LogP contribution in [0.2, 0.25) is 0 Å². The summed E-state index contributed by atoms with van der Waals surface area (Å²) in [5, 5.41) is 0. The Morgan fingerprint density at radius 2 is 1.67 bits per heavy atom. The maximum absolute atomic E-state index is 13.3. The Kier molecular flexibility index (Phi) is 4.46. The molecule has 0 N–H and O–H groups in total. The average Bonchev–Trinajstić information content (AvgIpc) is 2.41. The molecule has 0 aliphatic heterocycles. The minimum Gasteiger partial charge on any atom is -0.294 e. The van der Waals surface area contributed by atoms with Crippen LogP contribution < -0.4 is 0 Å². The smallest absolute Gasteiger partial charge is 0.294 e. The highest BCUT2D eigenvalue weighted by Crippen LogP contribution is 2.29. The van der Waals surface area contributed by atoms with Crippen molar-refractivity contribution < 1.29 is 22.4 Å². The lowest BCUT2D eigenvalue weighted by Crippen LogP contribution is -2.07. The van der Waals surface area contributed by atoms with Crippen molar-refractivity contribution in [2.24, 2.45) is 0 Å². The van der Waals surface area contributed by atoms with Crippen LogP contribution in [0.1, 0.15) is 21.5 Å². The van der Waals surface area contributed by atoms with Crippen LogP contribution in [0.15, 0.2) is 46.9 Å². The number of benzene rings is 2. The van der Waals surface area contributed by atoms with Gasteiger partial charge in [0, 0.05) is 12.0 Å². The zero-order valence-electron chi connectivity index (χ0n) is 10.5. The number of hydrogen-bond donors (Lipinski definition) is 0. The molecule has 0 saturated carbocycles. The molecule has 0 fully saturated rings. The van der Waals surface area contributed by atoms with Crippen molar-refractivity contribution in [2.75, 3.05) is 0 Å². The first-order valence-corrected chi connectivity index (χ1v) is 6.71. The van der Waals surface area contributed by atoms with Crippen molar-refractivity contribution in [1.29, 1.82) is 0 Å². The van der Waals surface area contributed by atoms with Crippen molar-refractivity contribution in [1.82, 2.24) is 0 Å². The first-order chi connectivity index (χ1) is 9.77. The zero-order chi connectivity index (χ0) is 15.6. The number of alkyl halides is 3. The summed E-state index contributed by atoms with van der Waals surface area (Å²) in [6, 6.07) is 8.30. The molecule has 0 aliphatic carbocycles. The molecule has 6 heteroatoms. The van der Waals surface area contributed by atoms with Crippen molar-refractivity contribution in [3.8, 4) is 0 Å². The zero-order valence-corrected chi connectivity index (χ0v) is 12.1. The molecule has 0 atom stereocenters. The van der Waals surface area contributed by atoms with Gasteiger partial charge >= 0.3 is 6.18 Å². The van der Waals surface area contributed by atoms with Crippen LogP contribution in [-0.4, -0.2) is 5.78 Å². The van der Waals surface area contributed by atoms with Gasteiger partial charge in [-0.2, -0.15) is 13.2 Å². The minimum absolute atomic E-state index is 0.0841. The Balaban J connectivity index is 2.14. The Hall–Kier alpha value is -1.69. The lowest BCUT2D eigenvalue weighted by molar-refractivity contribution is -0.137. The molecule has 110 valence electrons. The van der Waals surface area contributed by atoms with E-state index in [1.165, 1.54) is 24.3 Å². The summed E-state index contributed by atoms with van der Waals surface area (Å²) < 4.78 is 50.8. The van der Waals surface area contributed by atoms with Crippen molar-refractivity contribution >= 4 is 21.7 Å². The monoisotopic (exact) mass is 360 g/mol. The van der Waals surface area contributed by atoms with Crippen molar-refractivity contribution in [3.63, 3.8) is 0 Å². The topological polar surface area (TPSA) is 17.1 Å². The van der Waals surface area contributed by atoms with Crippen LogP contribution in [0, 0.1) is 5.82 Å². The molecule has 2 rings (SSSR count). The second-order valence-electron chi connectivity index (χ2n) is 4.42. The standard InChI is InChI=1S/C15H9BrF4O/c16-12-6-3-10(8-13(12)17)14(21)7-9-1-4-11(5-2-9)15(18,19)20/h1-6,8H,7H2. The maximum atomic E-state index is 13.3. The summed E-state index contributed by atoms with van der Waals surface area (Å²) in [4.78, 5) is 12.0. The molecule has 0 spiro atoms. The molecule has 0 saturated heterocycles. The van der Waals surface area contributed by atoms with Gasteiger partial charge in [0.25, 0.3) is 0 Å². The van der Waals surface area contributed by atoms with E-state index >= 15 is 0 Å². The van der Waals surface area contributed by atoms with Gasteiger partial charge in [-0.25, -0.2) is 4.39 Å². The number of carbonyl (C=O) groups is 1. The second-order valence-corrected chi connectivity index (χ2v) is 5.28. The molecular formula is C15H9BrF4O. The van der Waals surface area contributed by atoms with E-state index in [-0.39, 0.29) is 22.2 Å². The van der Waals surface area contributed by atoms with E-state index in [1.807, 2.05) is 0 Å². The normalized spacial score (nSPS) is 11.5. The number of rotatable bonds is 3. The van der Waals surface area contributed by atoms with Crippen LogP contribution in [-0.2, 0) is 12.6 Å². The number of carbonyl (C=O) groups excluding carboxylic acids is 1. The lowest BCUT2D eigenvalue weighted by Gasteiger charge is -2.07. The lowest BCUT2D eigenvalue weighted by atomic mass is 10.0. The average molecular weight is 361 g/mol. The molecule has 0 aromatic heterocycles. The highest BCUT2D eigenvalue weighted by molar-refractivity contribution is 9.10. The molecular weight excluding hydrogens is 352 g/mol. The molecule has 2 aromatic rings. The molecule has 2 aromatic carbocycles. The van der Waals surface area contributed by atoms with E-state index in [1.54, 1.807) is 0 Å². The van der Waals surface area contributed by atoms with Crippen LogP contribution in [0.5, 0.6) is 0 Å².